The first kappa shape index (κ1) is 22.6. The van der Waals surface area contributed by atoms with Gasteiger partial charge in [0, 0.05) is 37.6 Å². The summed E-state index contributed by atoms with van der Waals surface area (Å²) < 4.78 is 16.0. The van der Waals surface area contributed by atoms with Crippen LogP contribution >= 0.6 is 12.4 Å². The van der Waals surface area contributed by atoms with Crippen LogP contribution in [0.15, 0.2) is 12.1 Å². The Morgan fingerprint density at radius 1 is 1.10 bits per heavy atom. The molecule has 160 valence electrons. The third-order valence-electron chi connectivity index (χ3n) is 4.58. The second kappa shape index (κ2) is 9.69. The van der Waals surface area contributed by atoms with Crippen molar-refractivity contribution in [3.8, 4) is 11.5 Å². The van der Waals surface area contributed by atoms with Crippen LogP contribution in [-0.4, -0.2) is 68.0 Å². The minimum atomic E-state index is -0.274. The van der Waals surface area contributed by atoms with E-state index in [2.05, 4.69) is 9.97 Å². The van der Waals surface area contributed by atoms with Gasteiger partial charge in [-0.1, -0.05) is 13.8 Å². The zero-order valence-electron chi connectivity index (χ0n) is 17.2. The second-order valence-corrected chi connectivity index (χ2v) is 7.08. The Hall–Kier alpha value is -2.68. The third-order valence-corrected chi connectivity index (χ3v) is 4.58. The number of aromatic nitrogens is 2. The summed E-state index contributed by atoms with van der Waals surface area (Å²) in [6.07, 6.45) is -0.274. The van der Waals surface area contributed by atoms with E-state index >= 15 is 0 Å². The summed E-state index contributed by atoms with van der Waals surface area (Å²) in [5.41, 5.74) is 6.84. The molecule has 9 nitrogen and oxygen atoms in total. The normalized spacial score (nSPS) is 14.0. The summed E-state index contributed by atoms with van der Waals surface area (Å²) >= 11 is 0. The molecule has 0 atom stereocenters. The Kier molecular flexibility index (Phi) is 7.55. The van der Waals surface area contributed by atoms with Gasteiger partial charge >= 0.3 is 6.09 Å². The molecule has 2 N–H and O–H groups in total. The van der Waals surface area contributed by atoms with Gasteiger partial charge in [0.1, 0.15) is 5.82 Å². The summed E-state index contributed by atoms with van der Waals surface area (Å²) in [6, 6.07) is 3.56. The number of benzene rings is 1. The molecule has 0 saturated carbocycles. The first-order valence-electron chi connectivity index (χ1n) is 9.28. The highest BCUT2D eigenvalue weighted by atomic mass is 35.5. The summed E-state index contributed by atoms with van der Waals surface area (Å²) in [7, 11) is 3.15. The molecule has 29 heavy (non-hydrogen) atoms. The van der Waals surface area contributed by atoms with Gasteiger partial charge in [-0.3, -0.25) is 0 Å². The van der Waals surface area contributed by atoms with Crippen LogP contribution in [0.5, 0.6) is 11.5 Å². The molecule has 1 aliphatic rings. The number of nitrogens with zero attached hydrogens (tertiary/aromatic N) is 4. The summed E-state index contributed by atoms with van der Waals surface area (Å²) in [5.74, 6) is 2.38. The first-order valence-corrected chi connectivity index (χ1v) is 9.28. The molecular formula is C19H28ClN5O4. The number of piperazine rings is 1. The number of nitrogen functional groups attached to an aromatic ring is 1. The van der Waals surface area contributed by atoms with Gasteiger partial charge in [0.05, 0.1) is 26.3 Å². The van der Waals surface area contributed by atoms with E-state index in [1.165, 1.54) is 0 Å². The Labute approximate surface area is 176 Å². The van der Waals surface area contributed by atoms with Crippen molar-refractivity contribution in [1.29, 1.82) is 0 Å². The van der Waals surface area contributed by atoms with E-state index in [-0.39, 0.29) is 18.5 Å². The van der Waals surface area contributed by atoms with Gasteiger partial charge in [-0.25, -0.2) is 9.78 Å². The van der Waals surface area contributed by atoms with Crippen molar-refractivity contribution in [1.82, 2.24) is 14.9 Å². The van der Waals surface area contributed by atoms with E-state index in [4.69, 9.17) is 19.9 Å². The second-order valence-electron chi connectivity index (χ2n) is 7.08. The monoisotopic (exact) mass is 425 g/mol. The molecule has 2 heterocycles. The molecule has 1 aromatic carbocycles. The highest BCUT2D eigenvalue weighted by Gasteiger charge is 2.24. The molecular weight excluding hydrogens is 398 g/mol. The van der Waals surface area contributed by atoms with Crippen LogP contribution in [0, 0.1) is 5.92 Å². The molecule has 1 saturated heterocycles. The predicted molar refractivity (Wildman–Crippen MR) is 114 cm³/mol. The molecule has 10 heteroatoms. The van der Waals surface area contributed by atoms with Crippen molar-refractivity contribution in [2.75, 3.05) is 57.6 Å². The fraction of sp³-hybridized carbons (Fsp3) is 0.526. The zero-order valence-corrected chi connectivity index (χ0v) is 18.0. The molecule has 0 radical (unpaired) electrons. The number of fused-ring (bicyclic) bond motifs is 1. The number of carbonyl (C=O) groups excluding carboxylic acids is 1. The number of rotatable bonds is 5. The lowest BCUT2D eigenvalue weighted by Crippen LogP contribution is -2.49. The van der Waals surface area contributed by atoms with Crippen molar-refractivity contribution >= 4 is 41.2 Å². The number of halogens is 1. The lowest BCUT2D eigenvalue weighted by molar-refractivity contribution is 0.0900. The van der Waals surface area contributed by atoms with Gasteiger partial charge < -0.3 is 29.7 Å². The zero-order chi connectivity index (χ0) is 20.3. The average Bonchev–Trinajstić information content (AvgIpc) is 2.71. The van der Waals surface area contributed by atoms with Crippen LogP contribution in [0.3, 0.4) is 0 Å². The number of amides is 1. The van der Waals surface area contributed by atoms with Crippen LogP contribution in [0.4, 0.5) is 16.6 Å². The van der Waals surface area contributed by atoms with E-state index < -0.39 is 0 Å². The van der Waals surface area contributed by atoms with Crippen LogP contribution in [0.2, 0.25) is 0 Å². The van der Waals surface area contributed by atoms with Crippen molar-refractivity contribution in [3.63, 3.8) is 0 Å². The quantitative estimate of drug-likeness (QED) is 0.779. The van der Waals surface area contributed by atoms with E-state index in [9.17, 15) is 4.79 Å². The maximum Gasteiger partial charge on any atom is 0.409 e. The van der Waals surface area contributed by atoms with Gasteiger partial charge in [-0.2, -0.15) is 4.98 Å². The van der Waals surface area contributed by atoms with E-state index in [1.807, 2.05) is 18.7 Å². The number of anilines is 2. The number of nitrogens with two attached hydrogens (primary N) is 1. The molecule has 0 aliphatic carbocycles. The molecule has 1 fully saturated rings. The topological polar surface area (TPSA) is 103 Å². The number of hydrogen-bond donors (Lipinski definition) is 1. The largest absolute Gasteiger partial charge is 0.493 e. The summed E-state index contributed by atoms with van der Waals surface area (Å²) in [5, 5.41) is 0.706. The van der Waals surface area contributed by atoms with Crippen LogP contribution in [0.1, 0.15) is 13.8 Å². The standard InChI is InChI=1S/C19H27N5O4.ClH/c1-12(2)11-28-19(25)24-7-5-23(6-8-24)18-21-14-10-16(27-4)15(26-3)9-13(14)17(20)22-18;/h9-10,12H,5-8,11H2,1-4H3,(H2,20,21,22);1H. The predicted octanol–water partition coefficient (Wildman–Crippen LogP) is 2.57. The Balaban J connectivity index is 0.00000300. The minimum Gasteiger partial charge on any atom is -0.493 e. The summed E-state index contributed by atoms with van der Waals surface area (Å²) in [6.45, 7) is 6.75. The van der Waals surface area contributed by atoms with E-state index in [0.717, 1.165) is 0 Å². The Bertz CT molecular complexity index is 856. The van der Waals surface area contributed by atoms with Gasteiger partial charge in [-0.15, -0.1) is 12.4 Å². The fourth-order valence-electron chi connectivity index (χ4n) is 3.03. The Morgan fingerprint density at radius 3 is 2.31 bits per heavy atom. The van der Waals surface area contributed by atoms with Crippen LogP contribution < -0.4 is 20.1 Å². The molecule has 1 aromatic heterocycles. The van der Waals surface area contributed by atoms with Gasteiger partial charge in [0.2, 0.25) is 5.95 Å². The smallest absolute Gasteiger partial charge is 0.409 e. The van der Waals surface area contributed by atoms with Crippen molar-refractivity contribution in [2.24, 2.45) is 5.92 Å². The summed E-state index contributed by atoms with van der Waals surface area (Å²) in [4.78, 5) is 24.9. The van der Waals surface area contributed by atoms with Crippen LogP contribution in [-0.2, 0) is 4.74 Å². The number of hydrogen-bond acceptors (Lipinski definition) is 8. The molecule has 1 amide bonds. The highest BCUT2D eigenvalue weighted by Crippen LogP contribution is 2.34. The number of carbonyl (C=O) groups is 1. The minimum absolute atomic E-state index is 0. The number of methoxy groups -OCH3 is 2. The molecule has 2 aromatic rings. The lowest BCUT2D eigenvalue weighted by Gasteiger charge is -2.34. The Morgan fingerprint density at radius 2 is 1.72 bits per heavy atom. The van der Waals surface area contributed by atoms with E-state index in [1.54, 1.807) is 31.3 Å². The third kappa shape index (κ3) is 5.03. The van der Waals surface area contributed by atoms with Gasteiger partial charge in [-0.05, 0) is 12.0 Å². The SMILES string of the molecule is COc1cc2nc(N3CCN(C(=O)OCC(C)C)CC3)nc(N)c2cc1OC.Cl. The van der Waals surface area contributed by atoms with Crippen molar-refractivity contribution in [2.45, 2.75) is 13.8 Å². The molecule has 0 bridgehead atoms. The van der Waals surface area contributed by atoms with Gasteiger partial charge in [0.25, 0.3) is 0 Å². The van der Waals surface area contributed by atoms with Crippen molar-refractivity contribution in [3.05, 3.63) is 12.1 Å². The lowest BCUT2D eigenvalue weighted by atomic mass is 10.2. The maximum atomic E-state index is 12.1. The average molecular weight is 426 g/mol. The first-order chi connectivity index (χ1) is 13.4. The van der Waals surface area contributed by atoms with Gasteiger partial charge in [0.15, 0.2) is 11.5 Å². The molecule has 0 unspecified atom stereocenters. The highest BCUT2D eigenvalue weighted by molar-refractivity contribution is 5.91. The van der Waals surface area contributed by atoms with E-state index in [0.29, 0.717) is 72.9 Å². The van der Waals surface area contributed by atoms with Crippen molar-refractivity contribution < 1.29 is 19.0 Å². The van der Waals surface area contributed by atoms with Crippen LogP contribution in [0.25, 0.3) is 10.9 Å². The fourth-order valence-corrected chi connectivity index (χ4v) is 3.03. The molecule has 0 spiro atoms. The maximum absolute atomic E-state index is 12.1. The number of ether oxygens (including phenoxy) is 3. The molecule has 3 rings (SSSR count). The molecule has 1 aliphatic heterocycles.